The van der Waals surface area contributed by atoms with Gasteiger partial charge in [0.1, 0.15) is 0 Å². The van der Waals surface area contributed by atoms with E-state index in [1.54, 1.807) is 0 Å². The second-order valence-corrected chi connectivity index (χ2v) is 4.55. The minimum absolute atomic E-state index is 0.333. The Hall–Kier alpha value is -0.950. The van der Waals surface area contributed by atoms with Crippen LogP contribution in [0, 0.1) is 0 Å². The first-order valence-corrected chi connectivity index (χ1v) is 5.67. The summed E-state index contributed by atoms with van der Waals surface area (Å²) < 4.78 is 4.87. The summed E-state index contributed by atoms with van der Waals surface area (Å²) in [7, 11) is 0. The van der Waals surface area contributed by atoms with Crippen molar-refractivity contribution in [2.45, 2.75) is 24.5 Å². The van der Waals surface area contributed by atoms with E-state index in [0.717, 1.165) is 12.2 Å². The summed E-state index contributed by atoms with van der Waals surface area (Å²) in [6, 6.07) is 0. The second-order valence-electron chi connectivity index (χ2n) is 3.45. The lowest BCUT2D eigenvalue weighted by Gasteiger charge is -2.37. The van der Waals surface area contributed by atoms with Crippen molar-refractivity contribution in [3.05, 3.63) is 0 Å². The fourth-order valence-electron chi connectivity index (χ4n) is 1.60. The summed E-state index contributed by atoms with van der Waals surface area (Å²) >= 11 is 1.49. The lowest BCUT2D eigenvalue weighted by molar-refractivity contribution is -0.140. The van der Waals surface area contributed by atoms with E-state index in [1.165, 1.54) is 11.8 Å². The van der Waals surface area contributed by atoms with Crippen molar-refractivity contribution in [1.29, 1.82) is 0 Å². The van der Waals surface area contributed by atoms with Gasteiger partial charge in [0.05, 0.1) is 0 Å². The molecule has 0 spiro atoms. The van der Waals surface area contributed by atoms with Gasteiger partial charge >= 0.3 is 6.09 Å². The first-order chi connectivity index (χ1) is 6.98. The Morgan fingerprint density at radius 2 is 2.13 bits per heavy atom. The molecule has 0 aromatic heterocycles. The number of amides is 2. The molecule has 0 radical (unpaired) electrons. The third-order valence-corrected chi connectivity index (χ3v) is 3.58. The van der Waals surface area contributed by atoms with Gasteiger partial charge in [-0.2, -0.15) is 11.8 Å². The number of ether oxygens (including phenoxy) is 1. The van der Waals surface area contributed by atoms with Gasteiger partial charge in [0.2, 0.25) is 0 Å². The van der Waals surface area contributed by atoms with Gasteiger partial charge in [0.25, 0.3) is 5.91 Å². The minimum Gasteiger partial charge on any atom is -0.439 e. The minimum atomic E-state index is -1.50. The van der Waals surface area contributed by atoms with Crippen molar-refractivity contribution in [1.82, 2.24) is 0 Å². The molecule has 15 heavy (non-hydrogen) atoms. The van der Waals surface area contributed by atoms with E-state index >= 15 is 0 Å². The van der Waals surface area contributed by atoms with Crippen LogP contribution in [-0.4, -0.2) is 40.3 Å². The van der Waals surface area contributed by atoms with Crippen LogP contribution in [0.25, 0.3) is 0 Å². The summed E-state index contributed by atoms with van der Waals surface area (Å²) in [6.07, 6.45) is -1.37. The van der Waals surface area contributed by atoms with Crippen LogP contribution < -0.4 is 11.5 Å². The molecule has 1 saturated heterocycles. The van der Waals surface area contributed by atoms with Gasteiger partial charge < -0.3 is 21.3 Å². The van der Waals surface area contributed by atoms with E-state index in [-0.39, 0.29) is 0 Å². The molecule has 0 bridgehead atoms. The van der Waals surface area contributed by atoms with E-state index in [4.69, 9.17) is 16.2 Å². The van der Waals surface area contributed by atoms with Crippen molar-refractivity contribution in [2.75, 3.05) is 11.5 Å². The fraction of sp³-hybridized carbons (Fsp3) is 0.750. The largest absolute Gasteiger partial charge is 0.439 e. The molecule has 7 heteroatoms. The molecule has 5 N–H and O–H groups in total. The normalized spacial score (nSPS) is 28.1. The molecular weight excluding hydrogens is 220 g/mol. The highest BCUT2D eigenvalue weighted by molar-refractivity contribution is 7.99. The molecule has 1 fully saturated rings. The standard InChI is InChI=1S/C8H14N2O4S/c9-6(12)5(11)8(14-7(10)13)2-1-3-15-4-8/h5,11H,1-4H2,(H2,9,12)(H2,10,13). The number of aliphatic hydroxyl groups is 1. The van der Waals surface area contributed by atoms with E-state index in [1.807, 2.05) is 0 Å². The van der Waals surface area contributed by atoms with Crippen LogP contribution in [0.1, 0.15) is 12.8 Å². The van der Waals surface area contributed by atoms with Crippen LogP contribution in [0.5, 0.6) is 0 Å². The number of primary amides is 2. The number of aliphatic hydroxyl groups excluding tert-OH is 1. The Morgan fingerprint density at radius 1 is 1.47 bits per heavy atom. The maximum absolute atomic E-state index is 10.9. The molecular formula is C8H14N2O4S. The Kier molecular flexibility index (Phi) is 3.81. The third-order valence-electron chi connectivity index (χ3n) is 2.31. The molecule has 0 saturated carbocycles. The number of hydrogen-bond donors (Lipinski definition) is 3. The zero-order valence-corrected chi connectivity index (χ0v) is 8.96. The average molecular weight is 234 g/mol. The Morgan fingerprint density at radius 3 is 2.53 bits per heavy atom. The fourth-order valence-corrected chi connectivity index (χ4v) is 2.80. The molecule has 2 unspecified atom stereocenters. The number of nitrogens with two attached hydrogens (primary N) is 2. The highest BCUT2D eigenvalue weighted by Gasteiger charge is 2.45. The quantitative estimate of drug-likeness (QED) is 0.591. The topological polar surface area (TPSA) is 116 Å². The number of hydrogen-bond acceptors (Lipinski definition) is 5. The summed E-state index contributed by atoms with van der Waals surface area (Å²) in [5.41, 5.74) is 8.66. The summed E-state index contributed by atoms with van der Waals surface area (Å²) in [4.78, 5) is 21.6. The van der Waals surface area contributed by atoms with Crippen LogP contribution in [0.2, 0.25) is 0 Å². The Bertz CT molecular complexity index is 265. The van der Waals surface area contributed by atoms with Gasteiger partial charge in [-0.25, -0.2) is 4.79 Å². The Balaban J connectivity index is 2.83. The number of thioether (sulfide) groups is 1. The number of carbonyl (C=O) groups excluding carboxylic acids is 2. The van der Waals surface area contributed by atoms with Crippen molar-refractivity contribution >= 4 is 23.8 Å². The third kappa shape index (κ3) is 2.75. The highest BCUT2D eigenvalue weighted by atomic mass is 32.2. The van der Waals surface area contributed by atoms with Crippen LogP contribution in [0.4, 0.5) is 4.79 Å². The molecule has 0 aromatic rings. The number of carbonyl (C=O) groups is 2. The van der Waals surface area contributed by atoms with E-state index in [0.29, 0.717) is 12.2 Å². The lowest BCUT2D eigenvalue weighted by Crippen LogP contribution is -2.56. The molecule has 1 aliphatic rings. The van der Waals surface area contributed by atoms with Gasteiger partial charge in [-0.05, 0) is 18.6 Å². The second kappa shape index (κ2) is 4.71. The molecule has 0 aliphatic carbocycles. The van der Waals surface area contributed by atoms with Gasteiger partial charge in [0.15, 0.2) is 11.7 Å². The smallest absolute Gasteiger partial charge is 0.405 e. The van der Waals surface area contributed by atoms with E-state index in [9.17, 15) is 14.7 Å². The molecule has 0 aromatic carbocycles. The first kappa shape index (κ1) is 12.1. The van der Waals surface area contributed by atoms with Crippen LogP contribution in [-0.2, 0) is 9.53 Å². The molecule has 1 rings (SSSR count). The molecule has 6 nitrogen and oxygen atoms in total. The van der Waals surface area contributed by atoms with Crippen molar-refractivity contribution in [3.63, 3.8) is 0 Å². The predicted molar refractivity (Wildman–Crippen MR) is 55.2 cm³/mol. The van der Waals surface area contributed by atoms with Crippen molar-refractivity contribution < 1.29 is 19.4 Å². The maximum Gasteiger partial charge on any atom is 0.405 e. The monoisotopic (exact) mass is 234 g/mol. The highest BCUT2D eigenvalue weighted by Crippen LogP contribution is 2.33. The van der Waals surface area contributed by atoms with Crippen LogP contribution in [0.3, 0.4) is 0 Å². The molecule has 86 valence electrons. The molecule has 2 atom stereocenters. The Labute approximate surface area is 91.3 Å². The summed E-state index contributed by atoms with van der Waals surface area (Å²) in [5, 5.41) is 9.63. The SMILES string of the molecule is NC(=O)OC1(C(O)C(N)=O)CCCSC1. The molecule has 1 heterocycles. The predicted octanol–water partition coefficient (Wildman–Crippen LogP) is -0.806. The maximum atomic E-state index is 10.9. The molecule has 2 amide bonds. The average Bonchev–Trinajstić information content (AvgIpc) is 2.16. The lowest BCUT2D eigenvalue weighted by atomic mass is 9.92. The first-order valence-electron chi connectivity index (χ1n) is 4.51. The number of rotatable bonds is 3. The van der Waals surface area contributed by atoms with Gasteiger partial charge in [-0.3, -0.25) is 4.79 Å². The van der Waals surface area contributed by atoms with Crippen LogP contribution in [0.15, 0.2) is 0 Å². The van der Waals surface area contributed by atoms with Gasteiger partial charge in [-0.1, -0.05) is 0 Å². The summed E-state index contributed by atoms with van der Waals surface area (Å²) in [5.74, 6) is 0.328. The van der Waals surface area contributed by atoms with E-state index < -0.39 is 23.7 Å². The molecule has 1 aliphatic heterocycles. The zero-order chi connectivity index (χ0) is 11.5. The summed E-state index contributed by atoms with van der Waals surface area (Å²) in [6.45, 7) is 0. The van der Waals surface area contributed by atoms with Gasteiger partial charge in [-0.15, -0.1) is 0 Å². The van der Waals surface area contributed by atoms with Crippen LogP contribution >= 0.6 is 11.8 Å². The van der Waals surface area contributed by atoms with Crippen molar-refractivity contribution in [3.8, 4) is 0 Å². The zero-order valence-electron chi connectivity index (χ0n) is 8.14. The van der Waals surface area contributed by atoms with Crippen molar-refractivity contribution in [2.24, 2.45) is 11.5 Å². The van der Waals surface area contributed by atoms with E-state index in [2.05, 4.69) is 0 Å². The van der Waals surface area contributed by atoms with Gasteiger partial charge in [0, 0.05) is 5.75 Å².